The van der Waals surface area contributed by atoms with Gasteiger partial charge in [0.2, 0.25) is 11.6 Å². The zero-order chi connectivity index (χ0) is 17.4. The van der Waals surface area contributed by atoms with Gasteiger partial charge in [-0.25, -0.2) is 9.97 Å². The predicted octanol–water partition coefficient (Wildman–Crippen LogP) is 4.01. The predicted molar refractivity (Wildman–Crippen MR) is 96.3 cm³/mol. The third kappa shape index (κ3) is 2.55. The number of carbonyl (C=O) groups is 1. The van der Waals surface area contributed by atoms with Crippen molar-refractivity contribution in [3.63, 3.8) is 0 Å². The molecule has 0 amide bonds. The first-order valence-electron chi connectivity index (χ1n) is 7.87. The summed E-state index contributed by atoms with van der Waals surface area (Å²) in [5, 5.41) is 0. The Morgan fingerprint density at radius 2 is 1.60 bits per heavy atom. The van der Waals surface area contributed by atoms with Crippen molar-refractivity contribution in [3.8, 4) is 11.5 Å². The fourth-order valence-electron chi connectivity index (χ4n) is 2.81. The van der Waals surface area contributed by atoms with E-state index in [0.29, 0.717) is 39.6 Å². The van der Waals surface area contributed by atoms with Crippen LogP contribution in [0, 0.1) is 6.92 Å². The molecule has 0 saturated carbocycles. The number of ketones is 1. The molecular formula is C20H15N3O2. The topological polar surface area (TPSA) is 82.0 Å². The van der Waals surface area contributed by atoms with Crippen LogP contribution in [0.4, 0.5) is 5.69 Å². The summed E-state index contributed by atoms with van der Waals surface area (Å²) in [5.41, 5.74) is 9.58. The van der Waals surface area contributed by atoms with Crippen molar-refractivity contribution in [2.24, 2.45) is 0 Å². The molecule has 4 rings (SSSR count). The first-order valence-corrected chi connectivity index (χ1v) is 7.87. The second-order valence-corrected chi connectivity index (χ2v) is 5.72. The van der Waals surface area contributed by atoms with E-state index >= 15 is 0 Å². The van der Waals surface area contributed by atoms with Crippen LogP contribution in [0.3, 0.4) is 0 Å². The number of benzene rings is 2. The quantitative estimate of drug-likeness (QED) is 0.574. The van der Waals surface area contributed by atoms with E-state index in [0.717, 1.165) is 5.56 Å². The van der Waals surface area contributed by atoms with E-state index in [1.165, 1.54) is 0 Å². The molecule has 0 atom stereocenters. The van der Waals surface area contributed by atoms with Gasteiger partial charge >= 0.3 is 0 Å². The monoisotopic (exact) mass is 329 g/mol. The molecule has 2 N–H and O–H groups in total. The maximum atomic E-state index is 12.8. The number of hydrogen-bond acceptors (Lipinski definition) is 5. The van der Waals surface area contributed by atoms with Crippen LogP contribution in [-0.2, 0) is 0 Å². The number of pyridine rings is 1. The molecule has 0 bridgehead atoms. The minimum atomic E-state index is -0.172. The maximum absolute atomic E-state index is 12.8. The van der Waals surface area contributed by atoms with Crippen molar-refractivity contribution in [1.82, 2.24) is 9.97 Å². The molecule has 0 saturated heterocycles. The summed E-state index contributed by atoms with van der Waals surface area (Å²) in [5.74, 6) is 0.257. The minimum absolute atomic E-state index is 0.172. The summed E-state index contributed by atoms with van der Waals surface area (Å²) >= 11 is 0. The lowest BCUT2D eigenvalue weighted by atomic mass is 10.0. The zero-order valence-corrected chi connectivity index (χ0v) is 13.6. The number of rotatable bonds is 3. The second kappa shape index (κ2) is 5.87. The van der Waals surface area contributed by atoms with Gasteiger partial charge in [-0.15, -0.1) is 0 Å². The number of hydrogen-bond donors (Lipinski definition) is 1. The highest BCUT2D eigenvalue weighted by molar-refractivity contribution is 6.15. The minimum Gasteiger partial charge on any atom is -0.418 e. The van der Waals surface area contributed by atoms with E-state index in [1.54, 1.807) is 19.1 Å². The molecular weight excluding hydrogens is 314 g/mol. The third-order valence-electron chi connectivity index (χ3n) is 4.05. The van der Waals surface area contributed by atoms with Gasteiger partial charge in [0, 0.05) is 11.1 Å². The zero-order valence-electron chi connectivity index (χ0n) is 13.6. The molecule has 122 valence electrons. The molecule has 0 unspecified atom stereocenters. The van der Waals surface area contributed by atoms with Gasteiger partial charge in [-0.1, -0.05) is 48.5 Å². The Morgan fingerprint density at radius 3 is 2.28 bits per heavy atom. The fraction of sp³-hybridized carbons (Fsp3) is 0.0500. The van der Waals surface area contributed by atoms with Crippen LogP contribution in [0.1, 0.15) is 21.6 Å². The van der Waals surface area contributed by atoms with E-state index < -0.39 is 0 Å². The maximum Gasteiger partial charge on any atom is 0.249 e. The number of aryl methyl sites for hydroxylation is 1. The Morgan fingerprint density at radius 1 is 0.960 bits per heavy atom. The Bertz CT molecular complexity index is 1070. The highest BCUT2D eigenvalue weighted by atomic mass is 16.4. The molecule has 0 radical (unpaired) electrons. The molecule has 2 aromatic carbocycles. The molecule has 0 aliphatic carbocycles. The molecule has 5 nitrogen and oxygen atoms in total. The molecule has 2 heterocycles. The van der Waals surface area contributed by atoms with Crippen molar-refractivity contribution in [3.05, 3.63) is 77.5 Å². The van der Waals surface area contributed by atoms with Crippen LogP contribution in [0.25, 0.3) is 22.7 Å². The third-order valence-corrected chi connectivity index (χ3v) is 4.05. The highest BCUT2D eigenvalue weighted by Crippen LogP contribution is 2.30. The number of oxazole rings is 1. The van der Waals surface area contributed by atoms with Crippen LogP contribution < -0.4 is 5.73 Å². The SMILES string of the molecule is Cc1nc2oc(-c3ccccc3)nc2c(N)c1C(=O)c1ccccc1. The molecule has 4 aromatic rings. The summed E-state index contributed by atoms with van der Waals surface area (Å²) in [4.78, 5) is 21.7. The number of fused-ring (bicyclic) bond motifs is 1. The Balaban J connectivity index is 1.88. The number of nitrogens with two attached hydrogens (primary N) is 1. The molecule has 0 spiro atoms. The van der Waals surface area contributed by atoms with E-state index in [1.807, 2.05) is 48.5 Å². The standard InChI is InChI=1S/C20H15N3O2/c1-12-15(18(24)13-8-4-2-5-9-13)16(21)17-20(22-12)25-19(23-17)14-10-6-3-7-11-14/h2-11H,1H3,(H2,21,22). The van der Waals surface area contributed by atoms with Crippen LogP contribution in [-0.4, -0.2) is 15.8 Å². The average Bonchev–Trinajstić information content (AvgIpc) is 3.07. The van der Waals surface area contributed by atoms with Crippen LogP contribution >= 0.6 is 0 Å². The molecule has 0 aliphatic rings. The lowest BCUT2D eigenvalue weighted by Gasteiger charge is -2.07. The van der Waals surface area contributed by atoms with Gasteiger partial charge in [-0.05, 0) is 19.1 Å². The van der Waals surface area contributed by atoms with E-state index in [2.05, 4.69) is 9.97 Å². The molecule has 2 aromatic heterocycles. The summed E-state index contributed by atoms with van der Waals surface area (Å²) in [6.07, 6.45) is 0. The number of nitrogen functional groups attached to an aromatic ring is 1. The van der Waals surface area contributed by atoms with Crippen molar-refractivity contribution in [2.75, 3.05) is 5.73 Å². The number of aromatic nitrogens is 2. The molecule has 0 fully saturated rings. The smallest absolute Gasteiger partial charge is 0.249 e. The number of anilines is 1. The van der Waals surface area contributed by atoms with Gasteiger partial charge < -0.3 is 10.2 Å². The fourth-order valence-corrected chi connectivity index (χ4v) is 2.81. The molecule has 25 heavy (non-hydrogen) atoms. The van der Waals surface area contributed by atoms with E-state index in [4.69, 9.17) is 10.2 Å². The Labute approximate surface area is 144 Å². The Hall–Kier alpha value is -3.47. The van der Waals surface area contributed by atoms with Gasteiger partial charge in [0.05, 0.1) is 16.9 Å². The first-order chi connectivity index (χ1) is 12.1. The van der Waals surface area contributed by atoms with E-state index in [9.17, 15) is 4.79 Å². The largest absolute Gasteiger partial charge is 0.418 e. The van der Waals surface area contributed by atoms with Gasteiger partial charge in [0.1, 0.15) is 0 Å². The average molecular weight is 329 g/mol. The van der Waals surface area contributed by atoms with Crippen molar-refractivity contribution >= 4 is 22.7 Å². The first kappa shape index (κ1) is 15.1. The van der Waals surface area contributed by atoms with Crippen LogP contribution in [0.5, 0.6) is 0 Å². The lowest BCUT2D eigenvalue weighted by Crippen LogP contribution is -2.09. The summed E-state index contributed by atoms with van der Waals surface area (Å²) < 4.78 is 5.74. The number of nitrogens with zero attached hydrogens (tertiary/aromatic N) is 2. The molecule has 5 heteroatoms. The van der Waals surface area contributed by atoms with Gasteiger partial charge in [-0.3, -0.25) is 4.79 Å². The van der Waals surface area contributed by atoms with Crippen LogP contribution in [0.2, 0.25) is 0 Å². The Kier molecular flexibility index (Phi) is 3.54. The van der Waals surface area contributed by atoms with Crippen molar-refractivity contribution in [2.45, 2.75) is 6.92 Å². The normalized spacial score (nSPS) is 10.9. The number of carbonyl (C=O) groups excluding carboxylic acids is 1. The summed E-state index contributed by atoms with van der Waals surface area (Å²) in [6.45, 7) is 1.75. The van der Waals surface area contributed by atoms with E-state index in [-0.39, 0.29) is 5.78 Å². The molecule has 0 aliphatic heterocycles. The van der Waals surface area contributed by atoms with Gasteiger partial charge in [0.15, 0.2) is 11.3 Å². The highest BCUT2D eigenvalue weighted by Gasteiger charge is 2.22. The van der Waals surface area contributed by atoms with Crippen molar-refractivity contribution in [1.29, 1.82) is 0 Å². The van der Waals surface area contributed by atoms with Gasteiger partial charge in [-0.2, -0.15) is 0 Å². The lowest BCUT2D eigenvalue weighted by molar-refractivity contribution is 0.103. The second-order valence-electron chi connectivity index (χ2n) is 5.72. The van der Waals surface area contributed by atoms with Gasteiger partial charge in [0.25, 0.3) is 0 Å². The van der Waals surface area contributed by atoms with Crippen molar-refractivity contribution < 1.29 is 9.21 Å². The summed E-state index contributed by atoms with van der Waals surface area (Å²) in [6, 6.07) is 18.5. The summed E-state index contributed by atoms with van der Waals surface area (Å²) in [7, 11) is 0. The van der Waals surface area contributed by atoms with Crippen LogP contribution in [0.15, 0.2) is 65.1 Å².